The van der Waals surface area contributed by atoms with Crippen LogP contribution in [0.1, 0.15) is 33.6 Å². The molecule has 0 aromatic carbocycles. The molecule has 1 N–H and O–H groups in total. The highest BCUT2D eigenvalue weighted by Gasteiger charge is 2.27. The molecule has 0 saturated carbocycles. The van der Waals surface area contributed by atoms with Crippen LogP contribution in [0.3, 0.4) is 0 Å². The Morgan fingerprint density at radius 2 is 2.33 bits per heavy atom. The predicted octanol–water partition coefficient (Wildman–Crippen LogP) is 1.87. The van der Waals surface area contributed by atoms with E-state index in [0.717, 1.165) is 6.42 Å². The molecule has 12 heavy (non-hydrogen) atoms. The Morgan fingerprint density at radius 1 is 1.67 bits per heavy atom. The third kappa shape index (κ3) is 2.36. The topological polar surface area (TPSA) is 29.1 Å². The van der Waals surface area contributed by atoms with E-state index in [1.807, 2.05) is 0 Å². The van der Waals surface area contributed by atoms with Gasteiger partial charge < -0.3 is 5.32 Å². The van der Waals surface area contributed by atoms with Gasteiger partial charge in [-0.25, -0.2) is 0 Å². The Labute approximate surface area is 74.0 Å². The molecule has 0 spiro atoms. The van der Waals surface area contributed by atoms with Crippen LogP contribution >= 0.6 is 0 Å². The minimum Gasteiger partial charge on any atom is -0.353 e. The summed E-state index contributed by atoms with van der Waals surface area (Å²) >= 11 is 0. The first-order chi connectivity index (χ1) is 5.59. The zero-order valence-corrected chi connectivity index (χ0v) is 8.05. The van der Waals surface area contributed by atoms with E-state index in [0.29, 0.717) is 18.4 Å². The van der Waals surface area contributed by atoms with Gasteiger partial charge in [-0.1, -0.05) is 18.6 Å². The van der Waals surface area contributed by atoms with Gasteiger partial charge in [0.2, 0.25) is 5.91 Å². The number of hydrogen-bond acceptors (Lipinski definition) is 1. The van der Waals surface area contributed by atoms with Crippen LogP contribution in [0.4, 0.5) is 0 Å². The first-order valence-electron chi connectivity index (χ1n) is 4.52. The monoisotopic (exact) mass is 167 g/mol. The summed E-state index contributed by atoms with van der Waals surface area (Å²) in [6.45, 7) is 6.30. The Hall–Kier alpha value is -0.790. The van der Waals surface area contributed by atoms with Crippen molar-refractivity contribution in [2.24, 2.45) is 5.92 Å². The quantitative estimate of drug-likeness (QED) is 0.625. The van der Waals surface area contributed by atoms with Gasteiger partial charge in [0, 0.05) is 12.5 Å². The second-order valence-corrected chi connectivity index (χ2v) is 3.87. The summed E-state index contributed by atoms with van der Waals surface area (Å²) in [5.74, 6) is 0.697. The van der Waals surface area contributed by atoms with Crippen molar-refractivity contribution in [2.75, 3.05) is 0 Å². The largest absolute Gasteiger partial charge is 0.353 e. The van der Waals surface area contributed by atoms with Crippen LogP contribution in [0, 0.1) is 5.92 Å². The first-order valence-corrected chi connectivity index (χ1v) is 4.52. The van der Waals surface area contributed by atoms with Crippen LogP contribution in [-0.4, -0.2) is 11.9 Å². The van der Waals surface area contributed by atoms with Crippen molar-refractivity contribution in [3.05, 3.63) is 11.6 Å². The lowest BCUT2D eigenvalue weighted by atomic mass is 10.00. The zero-order chi connectivity index (χ0) is 9.14. The second kappa shape index (κ2) is 3.74. The number of nitrogens with one attached hydrogen (secondary N) is 1. The van der Waals surface area contributed by atoms with Gasteiger partial charge in [0.25, 0.3) is 0 Å². The maximum atomic E-state index is 11.0. The van der Waals surface area contributed by atoms with Crippen molar-refractivity contribution in [2.45, 2.75) is 39.7 Å². The molecule has 1 rings (SSSR count). The highest BCUT2D eigenvalue weighted by atomic mass is 16.1. The molecule has 2 nitrogen and oxygen atoms in total. The van der Waals surface area contributed by atoms with Crippen molar-refractivity contribution in [1.29, 1.82) is 0 Å². The average molecular weight is 167 g/mol. The lowest BCUT2D eigenvalue weighted by Gasteiger charge is -2.12. The summed E-state index contributed by atoms with van der Waals surface area (Å²) in [7, 11) is 0. The fourth-order valence-corrected chi connectivity index (χ4v) is 1.50. The molecule has 0 radical (unpaired) electrons. The number of amides is 1. The van der Waals surface area contributed by atoms with Crippen molar-refractivity contribution < 1.29 is 4.79 Å². The van der Waals surface area contributed by atoms with Crippen LogP contribution in [0.2, 0.25) is 0 Å². The SMILES string of the molecule is CC(C)=CC[C@@H]1NC(=O)C[C@@H]1C. The smallest absolute Gasteiger partial charge is 0.220 e. The molecule has 0 aromatic heterocycles. The lowest BCUT2D eigenvalue weighted by molar-refractivity contribution is -0.119. The molecule has 2 heteroatoms. The summed E-state index contributed by atoms with van der Waals surface area (Å²) in [4.78, 5) is 11.0. The molecule has 1 heterocycles. The fourth-order valence-electron chi connectivity index (χ4n) is 1.50. The van der Waals surface area contributed by atoms with Gasteiger partial charge in [0.1, 0.15) is 0 Å². The van der Waals surface area contributed by atoms with Gasteiger partial charge in [-0.05, 0) is 26.2 Å². The standard InChI is InChI=1S/C10H17NO/c1-7(2)4-5-9-8(3)6-10(12)11-9/h4,8-9H,5-6H2,1-3H3,(H,11,12)/t8-,9-/m0/s1. The Bertz CT molecular complexity index is 204. The molecule has 0 aromatic rings. The molecule has 2 atom stereocenters. The third-order valence-electron chi connectivity index (χ3n) is 2.32. The molecule has 1 saturated heterocycles. The highest BCUT2D eigenvalue weighted by molar-refractivity contribution is 5.78. The normalized spacial score (nSPS) is 28.4. The molecule has 0 bridgehead atoms. The van der Waals surface area contributed by atoms with Crippen LogP contribution < -0.4 is 5.32 Å². The van der Waals surface area contributed by atoms with Crippen molar-refractivity contribution in [1.82, 2.24) is 5.32 Å². The van der Waals surface area contributed by atoms with Crippen molar-refractivity contribution in [3.8, 4) is 0 Å². The van der Waals surface area contributed by atoms with Gasteiger partial charge in [-0.2, -0.15) is 0 Å². The summed E-state index contributed by atoms with van der Waals surface area (Å²) < 4.78 is 0. The maximum absolute atomic E-state index is 11.0. The van der Waals surface area contributed by atoms with E-state index in [9.17, 15) is 4.79 Å². The van der Waals surface area contributed by atoms with Gasteiger partial charge in [-0.15, -0.1) is 0 Å². The Kier molecular flexibility index (Phi) is 2.90. The summed E-state index contributed by atoms with van der Waals surface area (Å²) in [6, 6.07) is 0.368. The van der Waals surface area contributed by atoms with Gasteiger partial charge in [0.15, 0.2) is 0 Å². The Morgan fingerprint density at radius 3 is 2.75 bits per heavy atom. The summed E-state index contributed by atoms with van der Waals surface area (Å²) in [5.41, 5.74) is 1.32. The van der Waals surface area contributed by atoms with Gasteiger partial charge >= 0.3 is 0 Å². The lowest BCUT2D eigenvalue weighted by Crippen LogP contribution is -2.27. The molecular formula is C10H17NO. The summed E-state index contributed by atoms with van der Waals surface area (Å²) in [5, 5.41) is 2.98. The minimum atomic E-state index is 0.203. The zero-order valence-electron chi connectivity index (χ0n) is 8.05. The van der Waals surface area contributed by atoms with Crippen LogP contribution in [0.15, 0.2) is 11.6 Å². The number of allylic oxidation sites excluding steroid dienone is 1. The van der Waals surface area contributed by atoms with E-state index in [1.54, 1.807) is 0 Å². The first kappa shape index (κ1) is 9.30. The molecule has 0 aliphatic carbocycles. The summed E-state index contributed by atoms with van der Waals surface area (Å²) in [6.07, 6.45) is 3.86. The molecule has 0 unspecified atom stereocenters. The van der Waals surface area contributed by atoms with Gasteiger partial charge in [-0.3, -0.25) is 4.79 Å². The average Bonchev–Trinajstić information content (AvgIpc) is 2.26. The second-order valence-electron chi connectivity index (χ2n) is 3.87. The van der Waals surface area contributed by atoms with E-state index < -0.39 is 0 Å². The molecule has 68 valence electrons. The van der Waals surface area contributed by atoms with E-state index in [2.05, 4.69) is 32.2 Å². The maximum Gasteiger partial charge on any atom is 0.220 e. The van der Waals surface area contributed by atoms with E-state index in [-0.39, 0.29) is 5.91 Å². The molecular weight excluding hydrogens is 150 g/mol. The third-order valence-corrected chi connectivity index (χ3v) is 2.32. The van der Waals surface area contributed by atoms with Crippen molar-refractivity contribution >= 4 is 5.91 Å². The number of rotatable bonds is 2. The van der Waals surface area contributed by atoms with Crippen LogP contribution in [-0.2, 0) is 4.79 Å². The molecule has 1 amide bonds. The van der Waals surface area contributed by atoms with Gasteiger partial charge in [0.05, 0.1) is 0 Å². The number of hydrogen-bond donors (Lipinski definition) is 1. The van der Waals surface area contributed by atoms with Crippen molar-refractivity contribution in [3.63, 3.8) is 0 Å². The number of carbonyl (C=O) groups excluding carboxylic acids is 1. The minimum absolute atomic E-state index is 0.203. The molecule has 1 aliphatic rings. The predicted molar refractivity (Wildman–Crippen MR) is 49.8 cm³/mol. The fraction of sp³-hybridized carbons (Fsp3) is 0.700. The van der Waals surface area contributed by atoms with Crippen LogP contribution in [0.25, 0.3) is 0 Å². The highest BCUT2D eigenvalue weighted by Crippen LogP contribution is 2.18. The Balaban J connectivity index is 2.43. The van der Waals surface area contributed by atoms with E-state index >= 15 is 0 Å². The van der Waals surface area contributed by atoms with Crippen LogP contribution in [0.5, 0.6) is 0 Å². The number of carbonyl (C=O) groups is 1. The van der Waals surface area contributed by atoms with E-state index in [4.69, 9.17) is 0 Å². The molecule has 1 fully saturated rings. The molecule has 1 aliphatic heterocycles. The van der Waals surface area contributed by atoms with E-state index in [1.165, 1.54) is 5.57 Å².